The summed E-state index contributed by atoms with van der Waals surface area (Å²) in [4.78, 5) is 14.3. The first-order valence-corrected chi connectivity index (χ1v) is 7.61. The third-order valence-electron chi connectivity index (χ3n) is 3.56. The summed E-state index contributed by atoms with van der Waals surface area (Å²) >= 11 is 0. The number of nitrogens with two attached hydrogens (primary N) is 1. The number of amides is 1. The number of para-hydroxylation sites is 1. The lowest BCUT2D eigenvalue weighted by Crippen LogP contribution is -2.27. The van der Waals surface area contributed by atoms with Gasteiger partial charge < -0.3 is 16.0 Å². The summed E-state index contributed by atoms with van der Waals surface area (Å²) in [6.07, 6.45) is 0.454. The lowest BCUT2D eigenvalue weighted by molar-refractivity contribution is -0.116. The highest BCUT2D eigenvalue weighted by Gasteiger charge is 2.08. The molecule has 0 bridgehead atoms. The summed E-state index contributed by atoms with van der Waals surface area (Å²) in [5, 5.41) is 2.93. The predicted octanol–water partition coefficient (Wildman–Crippen LogP) is 3.00. The topological polar surface area (TPSA) is 58.4 Å². The van der Waals surface area contributed by atoms with E-state index in [0.717, 1.165) is 23.5 Å². The van der Waals surface area contributed by atoms with Crippen LogP contribution in [0, 0.1) is 0 Å². The van der Waals surface area contributed by atoms with E-state index in [4.69, 9.17) is 5.73 Å². The maximum absolute atomic E-state index is 12.1. The Bertz CT molecular complexity index is 598. The second kappa shape index (κ2) is 8.20. The monoisotopic (exact) mass is 297 g/mol. The fourth-order valence-electron chi connectivity index (χ4n) is 2.34. The van der Waals surface area contributed by atoms with Crippen LogP contribution in [0.5, 0.6) is 0 Å². The molecule has 2 rings (SSSR count). The Kier molecular flexibility index (Phi) is 5.98. The molecule has 0 radical (unpaired) electrons. The molecular weight excluding hydrogens is 274 g/mol. The van der Waals surface area contributed by atoms with Gasteiger partial charge in [-0.1, -0.05) is 30.3 Å². The first kappa shape index (κ1) is 16.0. The largest absolute Gasteiger partial charge is 0.371 e. The molecule has 0 aliphatic rings. The van der Waals surface area contributed by atoms with Gasteiger partial charge in [0.2, 0.25) is 5.91 Å². The van der Waals surface area contributed by atoms with Crippen molar-refractivity contribution < 1.29 is 4.79 Å². The van der Waals surface area contributed by atoms with Gasteiger partial charge in [0.15, 0.2) is 0 Å². The van der Waals surface area contributed by atoms with Gasteiger partial charge in [-0.25, -0.2) is 0 Å². The minimum Gasteiger partial charge on any atom is -0.371 e. The first-order chi connectivity index (χ1) is 10.7. The second-order valence-electron chi connectivity index (χ2n) is 5.12. The number of anilines is 2. The van der Waals surface area contributed by atoms with Crippen molar-refractivity contribution in [1.29, 1.82) is 0 Å². The van der Waals surface area contributed by atoms with Crippen molar-refractivity contribution in [3.8, 4) is 0 Å². The molecule has 116 valence electrons. The molecule has 0 aliphatic carbocycles. The zero-order valence-corrected chi connectivity index (χ0v) is 13.0. The minimum absolute atomic E-state index is 0.0172. The molecule has 0 heterocycles. The molecule has 2 aromatic rings. The maximum Gasteiger partial charge on any atom is 0.226 e. The van der Waals surface area contributed by atoms with Crippen molar-refractivity contribution >= 4 is 17.3 Å². The van der Waals surface area contributed by atoms with Crippen molar-refractivity contribution in [2.45, 2.75) is 19.9 Å². The molecule has 0 aromatic heterocycles. The van der Waals surface area contributed by atoms with Crippen LogP contribution in [0.1, 0.15) is 18.9 Å². The molecule has 0 spiro atoms. The summed E-state index contributed by atoms with van der Waals surface area (Å²) in [5.41, 5.74) is 8.57. The average molecular weight is 297 g/mol. The molecule has 4 heteroatoms. The van der Waals surface area contributed by atoms with Gasteiger partial charge in [0.25, 0.3) is 0 Å². The third kappa shape index (κ3) is 4.60. The predicted molar refractivity (Wildman–Crippen MR) is 91.9 cm³/mol. The zero-order chi connectivity index (χ0) is 15.8. The van der Waals surface area contributed by atoms with E-state index in [1.165, 1.54) is 0 Å². The van der Waals surface area contributed by atoms with Crippen LogP contribution in [0.25, 0.3) is 0 Å². The van der Waals surface area contributed by atoms with Gasteiger partial charge in [-0.3, -0.25) is 4.79 Å². The molecule has 0 fully saturated rings. The molecule has 22 heavy (non-hydrogen) atoms. The molecule has 4 nitrogen and oxygen atoms in total. The summed E-state index contributed by atoms with van der Waals surface area (Å²) in [6, 6.07) is 17.8. The second-order valence-corrected chi connectivity index (χ2v) is 5.12. The smallest absolute Gasteiger partial charge is 0.226 e. The van der Waals surface area contributed by atoms with Crippen LogP contribution in [-0.4, -0.2) is 19.0 Å². The van der Waals surface area contributed by atoms with E-state index >= 15 is 0 Å². The van der Waals surface area contributed by atoms with Crippen LogP contribution in [0.2, 0.25) is 0 Å². The van der Waals surface area contributed by atoms with E-state index < -0.39 is 0 Å². The molecular formula is C18H23N3O. The van der Waals surface area contributed by atoms with Gasteiger partial charge in [-0.15, -0.1) is 0 Å². The van der Waals surface area contributed by atoms with Gasteiger partial charge >= 0.3 is 0 Å². The Morgan fingerprint density at radius 3 is 2.59 bits per heavy atom. The quantitative estimate of drug-likeness (QED) is 0.826. The van der Waals surface area contributed by atoms with Crippen LogP contribution >= 0.6 is 0 Å². The van der Waals surface area contributed by atoms with E-state index in [0.29, 0.717) is 19.5 Å². The van der Waals surface area contributed by atoms with Crippen molar-refractivity contribution in [3.63, 3.8) is 0 Å². The Morgan fingerprint density at radius 1 is 1.14 bits per heavy atom. The molecule has 0 saturated heterocycles. The van der Waals surface area contributed by atoms with E-state index in [9.17, 15) is 4.79 Å². The summed E-state index contributed by atoms with van der Waals surface area (Å²) in [5.74, 6) is 0.0172. The molecule has 1 amide bonds. The van der Waals surface area contributed by atoms with Crippen LogP contribution in [0.15, 0.2) is 54.6 Å². The number of hydrogen-bond acceptors (Lipinski definition) is 3. The van der Waals surface area contributed by atoms with Crippen molar-refractivity contribution in [2.75, 3.05) is 23.3 Å². The molecule has 2 aromatic carbocycles. The van der Waals surface area contributed by atoms with Crippen molar-refractivity contribution in [3.05, 3.63) is 60.2 Å². The van der Waals surface area contributed by atoms with Gasteiger partial charge in [0.05, 0.1) is 0 Å². The molecule has 3 N–H and O–H groups in total. The Labute approximate surface area is 131 Å². The molecule has 0 saturated carbocycles. The summed E-state index contributed by atoms with van der Waals surface area (Å²) < 4.78 is 0. The van der Waals surface area contributed by atoms with Gasteiger partial charge in [-0.2, -0.15) is 0 Å². The van der Waals surface area contributed by atoms with Crippen LogP contribution < -0.4 is 16.0 Å². The number of carbonyl (C=O) groups excluding carboxylic acids is 1. The van der Waals surface area contributed by atoms with E-state index in [-0.39, 0.29) is 5.91 Å². The number of benzene rings is 2. The molecule has 0 aliphatic heterocycles. The fourth-order valence-corrected chi connectivity index (χ4v) is 2.34. The standard InChI is InChI=1S/C18H23N3O/c1-2-21(17-9-4-3-5-10-17)12-11-18(22)20-16-8-6-7-15(13-16)14-19/h3-10,13H,2,11-12,14,19H2,1H3,(H,20,22). The number of rotatable bonds is 7. The highest BCUT2D eigenvalue weighted by molar-refractivity contribution is 5.91. The van der Waals surface area contributed by atoms with Gasteiger partial charge in [-0.05, 0) is 36.8 Å². The highest BCUT2D eigenvalue weighted by Crippen LogP contribution is 2.14. The van der Waals surface area contributed by atoms with Gasteiger partial charge in [0, 0.05) is 37.4 Å². The van der Waals surface area contributed by atoms with E-state index in [2.05, 4.69) is 29.3 Å². The van der Waals surface area contributed by atoms with Crippen molar-refractivity contribution in [2.24, 2.45) is 5.73 Å². The third-order valence-corrected chi connectivity index (χ3v) is 3.56. The van der Waals surface area contributed by atoms with Crippen LogP contribution in [0.4, 0.5) is 11.4 Å². The molecule has 0 atom stereocenters. The number of nitrogens with one attached hydrogen (secondary N) is 1. The summed E-state index contributed by atoms with van der Waals surface area (Å²) in [7, 11) is 0. The Morgan fingerprint density at radius 2 is 1.91 bits per heavy atom. The fraction of sp³-hybridized carbons (Fsp3) is 0.278. The molecule has 0 unspecified atom stereocenters. The number of carbonyl (C=O) groups is 1. The normalized spacial score (nSPS) is 10.3. The van der Waals surface area contributed by atoms with Crippen molar-refractivity contribution in [1.82, 2.24) is 0 Å². The van der Waals surface area contributed by atoms with Crippen LogP contribution in [0.3, 0.4) is 0 Å². The maximum atomic E-state index is 12.1. The zero-order valence-electron chi connectivity index (χ0n) is 13.0. The Balaban J connectivity index is 1.89. The lowest BCUT2D eigenvalue weighted by Gasteiger charge is -2.22. The Hall–Kier alpha value is -2.33. The SMILES string of the molecule is CCN(CCC(=O)Nc1cccc(CN)c1)c1ccccc1. The van der Waals surface area contributed by atoms with E-state index in [1.54, 1.807) is 0 Å². The number of hydrogen-bond donors (Lipinski definition) is 2. The van der Waals surface area contributed by atoms with Gasteiger partial charge in [0.1, 0.15) is 0 Å². The lowest BCUT2D eigenvalue weighted by atomic mass is 10.2. The highest BCUT2D eigenvalue weighted by atomic mass is 16.1. The van der Waals surface area contributed by atoms with E-state index in [1.807, 2.05) is 42.5 Å². The summed E-state index contributed by atoms with van der Waals surface area (Å²) in [6.45, 7) is 4.14. The van der Waals surface area contributed by atoms with Crippen LogP contribution in [-0.2, 0) is 11.3 Å². The first-order valence-electron chi connectivity index (χ1n) is 7.61. The average Bonchev–Trinajstić information content (AvgIpc) is 2.56. The number of nitrogens with zero attached hydrogens (tertiary/aromatic N) is 1. The minimum atomic E-state index is 0.0172.